The van der Waals surface area contributed by atoms with Gasteiger partial charge in [-0.2, -0.15) is 0 Å². The van der Waals surface area contributed by atoms with Crippen LogP contribution in [-0.2, 0) is 0 Å². The monoisotopic (exact) mass is 1010 g/mol. The van der Waals surface area contributed by atoms with Gasteiger partial charge in [-0.1, -0.05) is 0 Å². The van der Waals surface area contributed by atoms with Gasteiger partial charge in [0.2, 0.25) is 0 Å². The number of phenolic OH excluding ortho intramolecular Hbond substituents is 4. The van der Waals surface area contributed by atoms with Gasteiger partial charge in [0.05, 0.1) is 22.3 Å². The first-order chi connectivity index (χ1) is 31.1. The smallest absolute Gasteiger partial charge is 0.339 e. The molecule has 4 aromatic carbocycles. The number of nitrogens with zero attached hydrogens (tertiary/aromatic N) is 2. The summed E-state index contributed by atoms with van der Waals surface area (Å²) in [5.74, 6) is -18.5. The van der Waals surface area contributed by atoms with Crippen LogP contribution >= 0.6 is 0 Å². The fourth-order valence-corrected chi connectivity index (χ4v) is 6.43. The molecular formula is C42H42N4Na4O20. The normalized spacial score (nSPS) is 10.1. The van der Waals surface area contributed by atoms with Crippen LogP contribution in [0.15, 0.2) is 48.5 Å². The number of aromatic hydroxyl groups is 8. The minimum atomic E-state index is -1.61. The van der Waals surface area contributed by atoms with Crippen LogP contribution in [0.1, 0.15) is 109 Å². The Hall–Kier alpha value is -4.96. The number of carbonyl (C=O) groups excluding carboxylic acids is 4. The Bertz CT molecular complexity index is 2460. The second-order valence-electron chi connectivity index (χ2n) is 14.2. The molecule has 28 heteroatoms. The van der Waals surface area contributed by atoms with Gasteiger partial charge in [0.1, 0.15) is 22.3 Å². The molecule has 354 valence electrons. The Morgan fingerprint density at radius 2 is 0.529 bits per heavy atom. The first-order valence-electron chi connectivity index (χ1n) is 19.4. The summed E-state index contributed by atoms with van der Waals surface area (Å²) in [6, 6.07) is 7.38. The summed E-state index contributed by atoms with van der Waals surface area (Å²) in [5, 5.41) is 124. The Morgan fingerprint density at radius 1 is 0.329 bits per heavy atom. The predicted octanol–water partition coefficient (Wildman–Crippen LogP) is 0.606. The van der Waals surface area contributed by atoms with E-state index in [2.05, 4.69) is 10.6 Å². The zero-order chi connectivity index (χ0) is 49.2. The number of rotatable bonds is 21. The second-order valence-corrected chi connectivity index (χ2v) is 14.2. The number of unbranched alkanes of at least 4 members (excludes halogenated alkanes) is 1. The Morgan fingerprint density at radius 3 is 0.786 bits per heavy atom. The molecule has 70 heavy (non-hydrogen) atoms. The fraction of sp³-hybridized carbons (Fsp3) is 0.238. The van der Waals surface area contributed by atoms with Crippen molar-refractivity contribution in [2.75, 3.05) is 39.3 Å². The quantitative estimate of drug-likeness (QED) is 0.0309. The summed E-state index contributed by atoms with van der Waals surface area (Å²) in [6.07, 6.45) is 0.0751. The Balaban J connectivity index is 0.0000119. The molecule has 24 nitrogen and oxygen atoms in total. The van der Waals surface area contributed by atoms with Crippen LogP contribution in [0.25, 0.3) is 0 Å². The van der Waals surface area contributed by atoms with Crippen molar-refractivity contribution in [3.05, 3.63) is 93.0 Å². The number of hydrogen-bond acceptors (Lipinski definition) is 16. The zero-order valence-corrected chi connectivity index (χ0v) is 46.2. The predicted molar refractivity (Wildman–Crippen MR) is 245 cm³/mol. The number of amides is 4. The number of benzene rings is 4. The number of carboxylic acids is 4. The molecule has 0 bridgehead atoms. The maximum atomic E-state index is 13.8. The van der Waals surface area contributed by atoms with Crippen LogP contribution in [0.4, 0.5) is 0 Å². The van der Waals surface area contributed by atoms with Gasteiger partial charge >= 0.3 is 23.9 Å². The average molecular weight is 1010 g/mol. The van der Waals surface area contributed by atoms with Crippen molar-refractivity contribution in [2.24, 2.45) is 0 Å². The van der Waals surface area contributed by atoms with Crippen molar-refractivity contribution in [1.29, 1.82) is 0 Å². The van der Waals surface area contributed by atoms with E-state index >= 15 is 0 Å². The van der Waals surface area contributed by atoms with E-state index in [1.807, 2.05) is 0 Å². The number of aromatic carboxylic acids is 4. The van der Waals surface area contributed by atoms with E-state index < -0.39 is 138 Å². The van der Waals surface area contributed by atoms with Gasteiger partial charge in [-0.25, -0.2) is 19.2 Å². The second kappa shape index (κ2) is 29.4. The van der Waals surface area contributed by atoms with Crippen molar-refractivity contribution >= 4 is 166 Å². The molecule has 0 aliphatic rings. The molecule has 0 spiro atoms. The molecule has 4 aromatic rings. The van der Waals surface area contributed by atoms with E-state index in [1.165, 1.54) is 0 Å². The van der Waals surface area contributed by atoms with Gasteiger partial charge in [-0.3, -0.25) is 19.2 Å². The maximum absolute atomic E-state index is 13.8. The molecule has 0 aliphatic carbocycles. The van der Waals surface area contributed by atoms with Crippen molar-refractivity contribution < 1.29 is 99.6 Å². The summed E-state index contributed by atoms with van der Waals surface area (Å²) in [5.41, 5.74) is -4.73. The van der Waals surface area contributed by atoms with Gasteiger partial charge < -0.3 is 81.7 Å². The molecule has 0 fully saturated rings. The Kier molecular flexibility index (Phi) is 27.3. The Labute approximate surface area is 484 Å². The summed E-state index contributed by atoms with van der Waals surface area (Å²) >= 11 is 0. The van der Waals surface area contributed by atoms with E-state index in [-0.39, 0.29) is 183 Å². The molecule has 0 aliphatic heterocycles. The van der Waals surface area contributed by atoms with Gasteiger partial charge in [0, 0.05) is 157 Å². The summed E-state index contributed by atoms with van der Waals surface area (Å²) in [4.78, 5) is 101. The minimum absolute atomic E-state index is 0. The molecule has 0 saturated carbocycles. The number of nitrogens with one attached hydrogen (secondary N) is 2. The fourth-order valence-electron chi connectivity index (χ4n) is 6.43. The standard InChI is InChI=1S/C42H42N4O20.4Na/c47-27-19(5-9-23(31(27)51)39(59)60)35(55)43-13-3-17-45(37(57)21-7-11-25(41(63)64)33(53)29(21)49)15-1-2-16-46(38(58)22-8-12-26(42(65)66)34(54)30(22)50)18-4-14-44-36(56)20-6-10-24(40(61)62)32(52)28(20)48;;;;/h5-12,47-54H,1-4,13-18H2,(H,43,55)(H,44,56)(H,59,60)(H,61,62)(H,63,64)(H,65,66);;;;. The molecule has 0 unspecified atom stereocenters. The molecular weight excluding hydrogens is 972 g/mol. The third kappa shape index (κ3) is 15.8. The minimum Gasteiger partial charge on any atom is -0.504 e. The summed E-state index contributed by atoms with van der Waals surface area (Å²) in [7, 11) is 0. The van der Waals surface area contributed by atoms with E-state index in [0.29, 0.717) is 0 Å². The van der Waals surface area contributed by atoms with Gasteiger partial charge in [0.25, 0.3) is 23.6 Å². The topological polar surface area (TPSA) is 410 Å². The molecule has 14 N–H and O–H groups in total. The zero-order valence-electron chi connectivity index (χ0n) is 38.2. The molecule has 0 saturated heterocycles. The SMILES string of the molecule is O=C(O)c1ccc(C(=O)NCCCN(CCCCN(CCCNC(=O)c2ccc(C(=O)O)c(O)c2O)C(=O)c2ccc(C(=O)O)c(O)c2O)C(=O)c2ccc(C(=O)O)c(O)c2O)c(O)c1O.[Na].[Na].[Na].[Na]. The third-order valence-corrected chi connectivity index (χ3v) is 9.94. The van der Waals surface area contributed by atoms with Crippen LogP contribution in [0.3, 0.4) is 0 Å². The van der Waals surface area contributed by atoms with Crippen molar-refractivity contribution in [3.8, 4) is 46.0 Å². The summed E-state index contributed by atoms with van der Waals surface area (Å²) in [6.45, 7) is -1.08. The van der Waals surface area contributed by atoms with Crippen molar-refractivity contribution in [2.45, 2.75) is 25.7 Å². The molecule has 0 atom stereocenters. The van der Waals surface area contributed by atoms with Gasteiger partial charge in [-0.05, 0) is 74.2 Å². The van der Waals surface area contributed by atoms with Crippen LogP contribution in [0.2, 0.25) is 0 Å². The number of carboxylic acid groups (broad SMARTS) is 4. The molecule has 0 heterocycles. The summed E-state index contributed by atoms with van der Waals surface area (Å²) < 4.78 is 0. The largest absolute Gasteiger partial charge is 0.504 e. The van der Waals surface area contributed by atoms with E-state index in [1.54, 1.807) is 0 Å². The van der Waals surface area contributed by atoms with Crippen LogP contribution in [0, 0.1) is 0 Å². The van der Waals surface area contributed by atoms with Crippen molar-refractivity contribution in [1.82, 2.24) is 20.4 Å². The first kappa shape index (κ1) is 65.0. The number of phenols is 8. The molecule has 0 aromatic heterocycles. The van der Waals surface area contributed by atoms with Gasteiger partial charge in [-0.15, -0.1) is 0 Å². The average Bonchev–Trinajstić information content (AvgIpc) is 3.26. The van der Waals surface area contributed by atoms with Crippen LogP contribution in [-0.4, -0.2) is 276 Å². The third-order valence-electron chi connectivity index (χ3n) is 9.94. The van der Waals surface area contributed by atoms with Gasteiger partial charge in [0.15, 0.2) is 46.0 Å². The van der Waals surface area contributed by atoms with E-state index in [0.717, 1.165) is 58.3 Å². The molecule has 4 radical (unpaired) electrons. The van der Waals surface area contributed by atoms with Crippen LogP contribution in [0.5, 0.6) is 46.0 Å². The first-order valence-corrected chi connectivity index (χ1v) is 19.4. The molecule has 4 rings (SSSR count). The van der Waals surface area contributed by atoms with Crippen molar-refractivity contribution in [3.63, 3.8) is 0 Å². The van der Waals surface area contributed by atoms with E-state index in [4.69, 9.17) is 10.2 Å². The number of carbonyl (C=O) groups is 8. The van der Waals surface area contributed by atoms with Crippen LogP contribution < -0.4 is 10.6 Å². The van der Waals surface area contributed by atoms with E-state index in [9.17, 15) is 89.4 Å². The number of hydrogen-bond donors (Lipinski definition) is 14. The maximum Gasteiger partial charge on any atom is 0.339 e. The molecule has 4 amide bonds.